The summed E-state index contributed by atoms with van der Waals surface area (Å²) in [6.07, 6.45) is 5.00. The molecule has 0 saturated heterocycles. The number of fused-ring (bicyclic) bond motifs is 1. The number of carbonyl (C=O) groups excluding carboxylic acids is 1. The van der Waals surface area contributed by atoms with Crippen molar-refractivity contribution in [2.45, 2.75) is 51.9 Å². The summed E-state index contributed by atoms with van der Waals surface area (Å²) in [5.41, 5.74) is 0.785. The fraction of sp³-hybridized carbons (Fsp3) is 0.667. The van der Waals surface area contributed by atoms with Gasteiger partial charge in [0.15, 0.2) is 5.78 Å². The first kappa shape index (κ1) is 10.8. The Balaban J connectivity index is 2.32. The molecule has 0 aliphatic heterocycles. The average molecular weight is 223 g/mol. The van der Waals surface area contributed by atoms with Crippen molar-refractivity contribution in [3.8, 4) is 0 Å². The summed E-state index contributed by atoms with van der Waals surface area (Å²) in [6, 6.07) is 0. The van der Waals surface area contributed by atoms with Crippen LogP contribution < -0.4 is 0 Å². The van der Waals surface area contributed by atoms with Crippen molar-refractivity contribution in [3.63, 3.8) is 0 Å². The SMILES string of the molecule is CCC(CC)c1nc2c(s1)CCCC2=O. The lowest BCUT2D eigenvalue weighted by Crippen LogP contribution is -2.09. The largest absolute Gasteiger partial charge is 0.292 e. The number of nitrogens with zero attached hydrogens (tertiary/aromatic N) is 1. The van der Waals surface area contributed by atoms with Crippen molar-refractivity contribution < 1.29 is 4.79 Å². The molecule has 1 heterocycles. The Bertz CT molecular complexity index is 366. The first-order valence-corrected chi connectivity index (χ1v) is 6.60. The minimum absolute atomic E-state index is 0.254. The van der Waals surface area contributed by atoms with Gasteiger partial charge in [0.2, 0.25) is 0 Å². The van der Waals surface area contributed by atoms with Gasteiger partial charge in [0, 0.05) is 17.2 Å². The quantitative estimate of drug-likeness (QED) is 0.784. The van der Waals surface area contributed by atoms with E-state index >= 15 is 0 Å². The van der Waals surface area contributed by atoms with Gasteiger partial charge in [0.05, 0.1) is 5.01 Å². The van der Waals surface area contributed by atoms with E-state index in [9.17, 15) is 4.79 Å². The third-order valence-corrected chi connectivity index (χ3v) is 4.40. The van der Waals surface area contributed by atoms with E-state index in [-0.39, 0.29) is 5.78 Å². The number of aromatic nitrogens is 1. The van der Waals surface area contributed by atoms with Gasteiger partial charge in [-0.3, -0.25) is 4.79 Å². The molecule has 15 heavy (non-hydrogen) atoms. The summed E-state index contributed by atoms with van der Waals surface area (Å²) in [6.45, 7) is 4.38. The van der Waals surface area contributed by atoms with E-state index in [0.717, 1.165) is 31.4 Å². The molecule has 1 aromatic heterocycles. The van der Waals surface area contributed by atoms with Crippen molar-refractivity contribution in [2.24, 2.45) is 0 Å². The highest BCUT2D eigenvalue weighted by atomic mass is 32.1. The van der Waals surface area contributed by atoms with Crippen LogP contribution in [0, 0.1) is 0 Å². The van der Waals surface area contributed by atoms with Crippen LogP contribution in [0.5, 0.6) is 0 Å². The number of hydrogen-bond acceptors (Lipinski definition) is 3. The zero-order chi connectivity index (χ0) is 10.8. The molecule has 0 saturated carbocycles. The minimum atomic E-state index is 0.254. The van der Waals surface area contributed by atoms with Gasteiger partial charge in [-0.25, -0.2) is 4.98 Å². The zero-order valence-electron chi connectivity index (χ0n) is 9.38. The number of thiazole rings is 1. The smallest absolute Gasteiger partial charge is 0.182 e. The van der Waals surface area contributed by atoms with Gasteiger partial charge < -0.3 is 0 Å². The Morgan fingerprint density at radius 2 is 2.07 bits per heavy atom. The summed E-state index contributed by atoms with van der Waals surface area (Å²) < 4.78 is 0. The second kappa shape index (κ2) is 4.44. The van der Waals surface area contributed by atoms with E-state index in [1.54, 1.807) is 11.3 Å². The summed E-state index contributed by atoms with van der Waals surface area (Å²) >= 11 is 1.76. The van der Waals surface area contributed by atoms with Crippen LogP contribution in [0.15, 0.2) is 0 Å². The van der Waals surface area contributed by atoms with Gasteiger partial charge in [0.1, 0.15) is 5.69 Å². The Morgan fingerprint density at radius 3 is 2.67 bits per heavy atom. The van der Waals surface area contributed by atoms with E-state index in [1.807, 2.05) is 0 Å². The van der Waals surface area contributed by atoms with E-state index in [1.165, 1.54) is 9.88 Å². The van der Waals surface area contributed by atoms with Crippen molar-refractivity contribution in [2.75, 3.05) is 0 Å². The number of hydrogen-bond donors (Lipinski definition) is 0. The van der Waals surface area contributed by atoms with Gasteiger partial charge in [-0.2, -0.15) is 0 Å². The molecule has 0 atom stereocenters. The first-order valence-electron chi connectivity index (χ1n) is 5.79. The van der Waals surface area contributed by atoms with Crippen LogP contribution in [0.4, 0.5) is 0 Å². The molecule has 0 radical (unpaired) electrons. The maximum Gasteiger partial charge on any atom is 0.182 e. The first-order chi connectivity index (χ1) is 7.26. The van der Waals surface area contributed by atoms with Crippen molar-refractivity contribution in [1.29, 1.82) is 0 Å². The van der Waals surface area contributed by atoms with Crippen LogP contribution in [0.3, 0.4) is 0 Å². The average Bonchev–Trinajstić information content (AvgIpc) is 2.65. The molecular formula is C12H17NOS. The van der Waals surface area contributed by atoms with Gasteiger partial charge in [-0.15, -0.1) is 11.3 Å². The molecule has 0 N–H and O–H groups in total. The van der Waals surface area contributed by atoms with Gasteiger partial charge in [-0.1, -0.05) is 13.8 Å². The molecule has 0 aromatic carbocycles. The van der Waals surface area contributed by atoms with Crippen LogP contribution in [-0.4, -0.2) is 10.8 Å². The summed E-state index contributed by atoms with van der Waals surface area (Å²) in [4.78, 5) is 17.4. The molecule has 0 bridgehead atoms. The molecule has 1 aliphatic carbocycles. The third kappa shape index (κ3) is 1.98. The van der Waals surface area contributed by atoms with Crippen LogP contribution in [0.1, 0.15) is 65.8 Å². The molecular weight excluding hydrogens is 206 g/mol. The molecule has 3 heteroatoms. The Labute approximate surface area is 94.7 Å². The van der Waals surface area contributed by atoms with Crippen LogP contribution >= 0.6 is 11.3 Å². The number of rotatable bonds is 3. The highest BCUT2D eigenvalue weighted by Gasteiger charge is 2.24. The Hall–Kier alpha value is -0.700. The highest BCUT2D eigenvalue weighted by molar-refractivity contribution is 7.12. The predicted octanol–water partition coefficient (Wildman–Crippen LogP) is 3.57. The van der Waals surface area contributed by atoms with Crippen molar-refractivity contribution in [3.05, 3.63) is 15.6 Å². The van der Waals surface area contributed by atoms with E-state index in [4.69, 9.17) is 0 Å². The molecule has 2 rings (SSSR count). The number of aryl methyl sites for hydroxylation is 1. The molecule has 0 unspecified atom stereocenters. The summed E-state index contributed by atoms with van der Waals surface area (Å²) in [5.74, 6) is 0.804. The number of ketones is 1. The highest BCUT2D eigenvalue weighted by Crippen LogP contribution is 2.33. The molecule has 2 nitrogen and oxygen atoms in total. The van der Waals surface area contributed by atoms with Gasteiger partial charge in [0.25, 0.3) is 0 Å². The monoisotopic (exact) mass is 223 g/mol. The lowest BCUT2D eigenvalue weighted by molar-refractivity contribution is 0.0968. The van der Waals surface area contributed by atoms with E-state index in [2.05, 4.69) is 18.8 Å². The summed E-state index contributed by atoms with van der Waals surface area (Å²) in [5, 5.41) is 1.18. The molecule has 0 fully saturated rings. The molecule has 82 valence electrons. The maximum atomic E-state index is 11.6. The van der Waals surface area contributed by atoms with Gasteiger partial charge in [-0.05, 0) is 25.7 Å². The van der Waals surface area contributed by atoms with Crippen LogP contribution in [0.2, 0.25) is 0 Å². The Kier molecular flexibility index (Phi) is 3.19. The van der Waals surface area contributed by atoms with Gasteiger partial charge >= 0.3 is 0 Å². The lowest BCUT2D eigenvalue weighted by Gasteiger charge is -2.06. The standard InChI is InChI=1S/C12H17NOS/c1-3-8(4-2)12-13-11-9(14)6-5-7-10(11)15-12/h8H,3-7H2,1-2H3. The van der Waals surface area contributed by atoms with E-state index in [0.29, 0.717) is 12.3 Å². The lowest BCUT2D eigenvalue weighted by atomic mass is 10.0. The van der Waals surface area contributed by atoms with E-state index < -0.39 is 0 Å². The molecule has 1 aliphatic rings. The fourth-order valence-electron chi connectivity index (χ4n) is 2.10. The molecule has 0 spiro atoms. The topological polar surface area (TPSA) is 30.0 Å². The normalized spacial score (nSPS) is 15.8. The molecule has 0 amide bonds. The van der Waals surface area contributed by atoms with Crippen LogP contribution in [0.25, 0.3) is 0 Å². The minimum Gasteiger partial charge on any atom is -0.292 e. The summed E-state index contributed by atoms with van der Waals surface area (Å²) in [7, 11) is 0. The van der Waals surface area contributed by atoms with Crippen molar-refractivity contribution >= 4 is 17.1 Å². The zero-order valence-corrected chi connectivity index (χ0v) is 10.2. The number of carbonyl (C=O) groups is 1. The second-order valence-corrected chi connectivity index (χ2v) is 5.23. The number of Topliss-reactive ketones (excluding diaryl/α,β-unsaturated/α-hetero) is 1. The predicted molar refractivity (Wildman–Crippen MR) is 62.7 cm³/mol. The maximum absolute atomic E-state index is 11.6. The molecule has 1 aromatic rings. The van der Waals surface area contributed by atoms with Crippen LogP contribution in [-0.2, 0) is 6.42 Å². The third-order valence-electron chi connectivity index (χ3n) is 3.12. The van der Waals surface area contributed by atoms with Crippen molar-refractivity contribution in [1.82, 2.24) is 4.98 Å². The Morgan fingerprint density at radius 1 is 1.33 bits per heavy atom. The fourth-order valence-corrected chi connectivity index (χ4v) is 3.49. The second-order valence-electron chi connectivity index (χ2n) is 4.11.